The van der Waals surface area contributed by atoms with Crippen molar-refractivity contribution >= 4 is 0 Å². The molecule has 7 N–H and O–H groups in total. The standard InChI is InChI=1S/C15H24O10/c1-14(21)4-7(17)15(22)2-3-23-13(11(14)15)25-12-10(20)9(19)8(18)6(5-16)24-12/h2-3,6-13,16-22H,4-5H2,1H3/t6-,7+,8+,9+,10-,11+,12+,13-,14-,15-/m0/s1. The Bertz CT molecular complexity index is 522. The van der Waals surface area contributed by atoms with Crippen molar-refractivity contribution in [3.05, 3.63) is 12.3 Å². The van der Waals surface area contributed by atoms with Crippen LogP contribution in [0.5, 0.6) is 0 Å². The van der Waals surface area contributed by atoms with E-state index in [1.54, 1.807) is 0 Å². The minimum atomic E-state index is -1.81. The van der Waals surface area contributed by atoms with Crippen LogP contribution in [0.1, 0.15) is 13.3 Å². The van der Waals surface area contributed by atoms with Gasteiger partial charge in [-0.1, -0.05) is 0 Å². The lowest BCUT2D eigenvalue weighted by Crippen LogP contribution is -2.61. The highest BCUT2D eigenvalue weighted by atomic mass is 16.8. The zero-order valence-corrected chi connectivity index (χ0v) is 13.5. The van der Waals surface area contributed by atoms with Crippen LogP contribution in [0.2, 0.25) is 0 Å². The fraction of sp³-hybridized carbons (Fsp3) is 0.867. The maximum absolute atomic E-state index is 10.7. The molecule has 10 heteroatoms. The molecule has 2 aliphatic heterocycles. The Hall–Kier alpha value is -0.820. The smallest absolute Gasteiger partial charge is 0.210 e. The molecule has 1 saturated heterocycles. The summed E-state index contributed by atoms with van der Waals surface area (Å²) in [6, 6.07) is 0. The Kier molecular flexibility index (Phi) is 4.86. The van der Waals surface area contributed by atoms with Gasteiger partial charge in [-0.2, -0.15) is 0 Å². The molecule has 1 saturated carbocycles. The number of ether oxygens (including phenoxy) is 3. The molecule has 0 aromatic heterocycles. The van der Waals surface area contributed by atoms with Gasteiger partial charge in [0, 0.05) is 6.42 Å². The lowest BCUT2D eigenvalue weighted by molar-refractivity contribution is -0.351. The summed E-state index contributed by atoms with van der Waals surface area (Å²) in [6.07, 6.45) is -7.87. The summed E-state index contributed by atoms with van der Waals surface area (Å²) in [5, 5.41) is 70.2. The third kappa shape index (κ3) is 2.97. The van der Waals surface area contributed by atoms with Crippen molar-refractivity contribution in [3.63, 3.8) is 0 Å². The van der Waals surface area contributed by atoms with Gasteiger partial charge in [0.15, 0.2) is 6.29 Å². The summed E-state index contributed by atoms with van der Waals surface area (Å²) in [5.41, 5.74) is -3.35. The summed E-state index contributed by atoms with van der Waals surface area (Å²) in [6.45, 7) is 0.783. The van der Waals surface area contributed by atoms with Crippen molar-refractivity contribution in [2.24, 2.45) is 5.92 Å². The first kappa shape index (κ1) is 19.0. The minimum absolute atomic E-state index is 0.129. The molecule has 0 unspecified atom stereocenters. The van der Waals surface area contributed by atoms with Crippen LogP contribution in [0.25, 0.3) is 0 Å². The molecule has 25 heavy (non-hydrogen) atoms. The van der Waals surface area contributed by atoms with Crippen molar-refractivity contribution in [1.29, 1.82) is 0 Å². The first-order valence-electron chi connectivity index (χ1n) is 8.04. The van der Waals surface area contributed by atoms with Crippen molar-refractivity contribution in [3.8, 4) is 0 Å². The first-order chi connectivity index (χ1) is 11.6. The maximum Gasteiger partial charge on any atom is 0.210 e. The minimum Gasteiger partial charge on any atom is -0.472 e. The first-order valence-corrected chi connectivity index (χ1v) is 8.04. The molecule has 2 heterocycles. The van der Waals surface area contributed by atoms with Crippen LogP contribution >= 0.6 is 0 Å². The largest absolute Gasteiger partial charge is 0.472 e. The van der Waals surface area contributed by atoms with Gasteiger partial charge in [0.1, 0.15) is 30.0 Å². The third-order valence-electron chi connectivity index (χ3n) is 5.25. The van der Waals surface area contributed by atoms with E-state index in [4.69, 9.17) is 14.2 Å². The summed E-state index contributed by atoms with van der Waals surface area (Å²) < 4.78 is 16.0. The van der Waals surface area contributed by atoms with E-state index in [2.05, 4.69) is 0 Å². The molecule has 0 radical (unpaired) electrons. The molecule has 1 aliphatic carbocycles. The van der Waals surface area contributed by atoms with Crippen molar-refractivity contribution in [2.45, 2.75) is 67.6 Å². The second-order valence-corrected chi connectivity index (χ2v) is 7.08. The van der Waals surface area contributed by atoms with E-state index in [1.807, 2.05) is 0 Å². The Labute approximate surface area is 143 Å². The van der Waals surface area contributed by atoms with Crippen LogP contribution in [0.4, 0.5) is 0 Å². The lowest BCUT2D eigenvalue weighted by atomic mass is 9.81. The normalized spacial score (nSPS) is 55.7. The highest BCUT2D eigenvalue weighted by Gasteiger charge is 2.64. The summed E-state index contributed by atoms with van der Waals surface area (Å²) in [5.74, 6) is -1.10. The Morgan fingerprint density at radius 3 is 2.40 bits per heavy atom. The summed E-state index contributed by atoms with van der Waals surface area (Å²) in [7, 11) is 0. The quantitative estimate of drug-likeness (QED) is 0.267. The topological polar surface area (TPSA) is 169 Å². The van der Waals surface area contributed by atoms with E-state index in [-0.39, 0.29) is 6.42 Å². The number of fused-ring (bicyclic) bond motifs is 1. The van der Waals surface area contributed by atoms with E-state index in [9.17, 15) is 35.7 Å². The lowest BCUT2D eigenvalue weighted by Gasteiger charge is -2.45. The molecular weight excluding hydrogens is 340 g/mol. The Morgan fingerprint density at radius 1 is 1.08 bits per heavy atom. The number of hydrogen-bond acceptors (Lipinski definition) is 10. The Morgan fingerprint density at radius 2 is 1.76 bits per heavy atom. The molecule has 0 aromatic carbocycles. The van der Waals surface area contributed by atoms with E-state index in [1.165, 1.54) is 13.0 Å². The van der Waals surface area contributed by atoms with Gasteiger partial charge in [-0.3, -0.25) is 0 Å². The molecule has 0 amide bonds. The second-order valence-electron chi connectivity index (χ2n) is 7.08. The van der Waals surface area contributed by atoms with Gasteiger partial charge in [-0.05, 0) is 13.0 Å². The molecule has 3 rings (SSSR count). The third-order valence-corrected chi connectivity index (χ3v) is 5.25. The van der Waals surface area contributed by atoms with Crippen LogP contribution < -0.4 is 0 Å². The number of hydrogen-bond donors (Lipinski definition) is 7. The van der Waals surface area contributed by atoms with Crippen LogP contribution in [0.15, 0.2) is 12.3 Å². The van der Waals surface area contributed by atoms with Gasteiger partial charge in [0.25, 0.3) is 0 Å². The zero-order valence-electron chi connectivity index (χ0n) is 13.5. The average Bonchev–Trinajstić information content (AvgIpc) is 2.73. The van der Waals surface area contributed by atoms with Crippen LogP contribution in [0.3, 0.4) is 0 Å². The van der Waals surface area contributed by atoms with Crippen molar-refractivity contribution < 1.29 is 50.0 Å². The number of aliphatic hydroxyl groups excluding tert-OH is 5. The van der Waals surface area contributed by atoms with Crippen LogP contribution in [0, 0.1) is 5.92 Å². The fourth-order valence-corrected chi connectivity index (χ4v) is 3.84. The molecule has 0 aromatic rings. The van der Waals surface area contributed by atoms with Gasteiger partial charge >= 0.3 is 0 Å². The molecule has 3 aliphatic rings. The van der Waals surface area contributed by atoms with Crippen LogP contribution in [-0.4, -0.2) is 96.7 Å². The SMILES string of the molecule is C[C@]1(O)C[C@@H](O)[C@@]2(O)C=CO[C@@H](O[C@H]3O[C@@H](CO)[C@@H](O)[C@@H](O)[C@@H]3O)[C@@H]21. The van der Waals surface area contributed by atoms with Gasteiger partial charge in [0.05, 0.1) is 30.5 Å². The van der Waals surface area contributed by atoms with E-state index in [0.29, 0.717) is 0 Å². The van der Waals surface area contributed by atoms with Crippen LogP contribution in [-0.2, 0) is 14.2 Å². The van der Waals surface area contributed by atoms with Crippen molar-refractivity contribution in [2.75, 3.05) is 6.61 Å². The van der Waals surface area contributed by atoms with Gasteiger partial charge in [0.2, 0.25) is 6.29 Å². The number of rotatable bonds is 3. The predicted octanol–water partition coefficient (Wildman–Crippen LogP) is -3.46. The summed E-state index contributed by atoms with van der Waals surface area (Å²) >= 11 is 0. The summed E-state index contributed by atoms with van der Waals surface area (Å²) in [4.78, 5) is 0. The molecule has 0 spiro atoms. The molecule has 144 valence electrons. The van der Waals surface area contributed by atoms with Gasteiger partial charge < -0.3 is 50.0 Å². The second kappa shape index (κ2) is 6.41. The van der Waals surface area contributed by atoms with E-state index >= 15 is 0 Å². The van der Waals surface area contributed by atoms with E-state index < -0.39 is 66.8 Å². The maximum atomic E-state index is 10.7. The Balaban J connectivity index is 1.81. The highest BCUT2D eigenvalue weighted by molar-refractivity contribution is 5.21. The molecule has 2 fully saturated rings. The van der Waals surface area contributed by atoms with Gasteiger partial charge in [-0.25, -0.2) is 0 Å². The fourth-order valence-electron chi connectivity index (χ4n) is 3.84. The molecule has 10 nitrogen and oxygen atoms in total. The van der Waals surface area contributed by atoms with E-state index in [0.717, 1.165) is 6.26 Å². The highest BCUT2D eigenvalue weighted by Crippen LogP contribution is 2.49. The zero-order chi connectivity index (χ0) is 18.6. The van der Waals surface area contributed by atoms with Gasteiger partial charge in [-0.15, -0.1) is 0 Å². The number of aliphatic hydroxyl groups is 7. The average molecular weight is 364 g/mol. The molecular formula is C15H24O10. The monoisotopic (exact) mass is 364 g/mol. The molecule has 0 bridgehead atoms. The predicted molar refractivity (Wildman–Crippen MR) is 78.6 cm³/mol. The van der Waals surface area contributed by atoms with Crippen molar-refractivity contribution in [1.82, 2.24) is 0 Å². The molecule has 10 atom stereocenters.